The highest BCUT2D eigenvalue weighted by atomic mass is 32.2. The third-order valence-electron chi connectivity index (χ3n) is 4.66. The Morgan fingerprint density at radius 3 is 2.30 bits per heavy atom. The van der Waals surface area contributed by atoms with Gasteiger partial charge in [0.25, 0.3) is 17.4 Å². The number of carbonyl (C=O) groups is 2. The number of halogens is 1. The number of hydrogen-bond donors (Lipinski definition) is 5. The molecule has 0 spiro atoms. The van der Waals surface area contributed by atoms with Gasteiger partial charge in [0.05, 0.1) is 11.2 Å². The number of nitrogens with zero attached hydrogens (tertiary/aromatic N) is 1. The maximum atomic E-state index is 13.9. The van der Waals surface area contributed by atoms with Crippen molar-refractivity contribution in [2.24, 2.45) is 0 Å². The van der Waals surface area contributed by atoms with Crippen LogP contribution in [0.15, 0.2) is 41.2 Å². The standard InChI is InChI=1S/C20H20FN5O6S/c1-22-14-9-11(21)8-13-16(14)24-20(30)15(17(13)27)19(29)23-12-6-4-10(5-7-12)18(28)25-33(31,32)26(2)3/h4-9,22H,1-3H3,(H,23,29)(H,25,28)(H2,24,27,30). The molecule has 3 rings (SSSR count). The van der Waals surface area contributed by atoms with Gasteiger partial charge in [0, 0.05) is 37.8 Å². The zero-order valence-corrected chi connectivity index (χ0v) is 18.5. The molecule has 2 aromatic carbocycles. The van der Waals surface area contributed by atoms with E-state index in [0.717, 1.165) is 16.4 Å². The Morgan fingerprint density at radius 2 is 1.73 bits per heavy atom. The summed E-state index contributed by atoms with van der Waals surface area (Å²) in [6.45, 7) is 0. The first kappa shape index (κ1) is 23.7. The van der Waals surface area contributed by atoms with Crippen LogP contribution in [0.3, 0.4) is 0 Å². The van der Waals surface area contributed by atoms with Gasteiger partial charge in [-0.05, 0) is 36.4 Å². The Kier molecular flexibility index (Phi) is 6.37. The predicted molar refractivity (Wildman–Crippen MR) is 120 cm³/mol. The third kappa shape index (κ3) is 4.78. The molecule has 0 bridgehead atoms. The fourth-order valence-corrected chi connectivity index (χ4v) is 3.45. The number of aromatic amines is 1. The lowest BCUT2D eigenvalue weighted by atomic mass is 10.1. The van der Waals surface area contributed by atoms with E-state index in [1.165, 1.54) is 45.4 Å². The zero-order valence-electron chi connectivity index (χ0n) is 17.7. The van der Waals surface area contributed by atoms with Crippen LogP contribution in [-0.4, -0.2) is 55.8 Å². The summed E-state index contributed by atoms with van der Waals surface area (Å²) in [4.78, 5) is 39.7. The van der Waals surface area contributed by atoms with E-state index in [1.807, 2.05) is 4.72 Å². The fourth-order valence-electron chi connectivity index (χ4n) is 2.92. The second-order valence-corrected chi connectivity index (χ2v) is 8.94. The number of benzene rings is 2. The zero-order chi connectivity index (χ0) is 24.5. The van der Waals surface area contributed by atoms with Crippen molar-refractivity contribution in [3.05, 3.63) is 63.7 Å². The summed E-state index contributed by atoms with van der Waals surface area (Å²) in [5, 5.41) is 15.5. The highest BCUT2D eigenvalue weighted by Crippen LogP contribution is 2.31. The van der Waals surface area contributed by atoms with Crippen LogP contribution in [0.4, 0.5) is 15.8 Å². The number of anilines is 2. The van der Waals surface area contributed by atoms with Crippen molar-refractivity contribution in [3.8, 4) is 5.75 Å². The van der Waals surface area contributed by atoms with E-state index in [1.54, 1.807) is 0 Å². The van der Waals surface area contributed by atoms with Gasteiger partial charge in [-0.25, -0.2) is 9.11 Å². The minimum absolute atomic E-state index is 0.0000983. The maximum absolute atomic E-state index is 13.9. The van der Waals surface area contributed by atoms with E-state index in [9.17, 15) is 32.3 Å². The van der Waals surface area contributed by atoms with Crippen LogP contribution in [-0.2, 0) is 10.2 Å². The summed E-state index contributed by atoms with van der Waals surface area (Å²) in [6.07, 6.45) is 0. The first-order chi connectivity index (χ1) is 15.4. The first-order valence-electron chi connectivity index (χ1n) is 9.37. The summed E-state index contributed by atoms with van der Waals surface area (Å²) in [5.74, 6) is -3.25. The van der Waals surface area contributed by atoms with Crippen molar-refractivity contribution < 1.29 is 27.5 Å². The average molecular weight is 477 g/mol. The molecule has 0 atom stereocenters. The van der Waals surface area contributed by atoms with Crippen molar-refractivity contribution in [2.45, 2.75) is 0 Å². The van der Waals surface area contributed by atoms with Crippen molar-refractivity contribution in [1.82, 2.24) is 14.0 Å². The van der Waals surface area contributed by atoms with Crippen LogP contribution in [0.2, 0.25) is 0 Å². The molecule has 1 aromatic heterocycles. The van der Waals surface area contributed by atoms with Crippen LogP contribution in [0.25, 0.3) is 10.9 Å². The van der Waals surface area contributed by atoms with Crippen molar-refractivity contribution in [1.29, 1.82) is 0 Å². The second kappa shape index (κ2) is 8.88. The highest BCUT2D eigenvalue weighted by molar-refractivity contribution is 7.87. The van der Waals surface area contributed by atoms with Gasteiger partial charge >= 0.3 is 10.2 Å². The van der Waals surface area contributed by atoms with Gasteiger partial charge < -0.3 is 20.7 Å². The van der Waals surface area contributed by atoms with Crippen LogP contribution >= 0.6 is 0 Å². The normalized spacial score (nSPS) is 11.4. The summed E-state index contributed by atoms with van der Waals surface area (Å²) in [5.41, 5.74) is -1.03. The van der Waals surface area contributed by atoms with E-state index in [-0.39, 0.29) is 27.8 Å². The molecule has 0 fully saturated rings. The fraction of sp³-hybridized carbons (Fsp3) is 0.150. The van der Waals surface area contributed by atoms with Crippen LogP contribution in [0.5, 0.6) is 5.75 Å². The topological polar surface area (TPSA) is 161 Å². The number of aromatic nitrogens is 1. The van der Waals surface area contributed by atoms with E-state index >= 15 is 0 Å². The quantitative estimate of drug-likeness (QED) is 0.356. The van der Waals surface area contributed by atoms with E-state index in [0.29, 0.717) is 0 Å². The van der Waals surface area contributed by atoms with Crippen molar-refractivity contribution in [2.75, 3.05) is 31.8 Å². The van der Waals surface area contributed by atoms with Crippen LogP contribution < -0.4 is 20.9 Å². The largest absolute Gasteiger partial charge is 0.506 e. The van der Waals surface area contributed by atoms with Gasteiger partial charge in [0.1, 0.15) is 17.1 Å². The predicted octanol–water partition coefficient (Wildman–Crippen LogP) is 1.20. The van der Waals surface area contributed by atoms with E-state index in [4.69, 9.17) is 0 Å². The molecule has 3 aromatic rings. The number of fused-ring (bicyclic) bond motifs is 1. The van der Waals surface area contributed by atoms with Gasteiger partial charge in [-0.1, -0.05) is 0 Å². The van der Waals surface area contributed by atoms with Crippen molar-refractivity contribution >= 4 is 44.3 Å². The molecular weight excluding hydrogens is 457 g/mol. The Balaban J connectivity index is 1.87. The molecule has 174 valence electrons. The molecule has 5 N–H and O–H groups in total. The lowest BCUT2D eigenvalue weighted by Gasteiger charge is -2.13. The number of aromatic hydroxyl groups is 1. The molecule has 13 heteroatoms. The molecule has 1 heterocycles. The Morgan fingerprint density at radius 1 is 1.09 bits per heavy atom. The molecule has 0 unspecified atom stereocenters. The number of hydrogen-bond acceptors (Lipinski definition) is 7. The van der Waals surface area contributed by atoms with E-state index < -0.39 is 44.7 Å². The number of carbonyl (C=O) groups excluding carboxylic acids is 2. The van der Waals surface area contributed by atoms with Gasteiger partial charge in [-0.2, -0.15) is 12.7 Å². The number of nitrogens with one attached hydrogen (secondary N) is 4. The molecule has 0 aliphatic rings. The molecule has 2 amide bonds. The lowest BCUT2D eigenvalue weighted by Crippen LogP contribution is -2.39. The SMILES string of the molecule is CNc1cc(F)cc2c(O)c(C(=O)Nc3ccc(C(=O)NS(=O)(=O)N(C)C)cc3)c(=O)[nH]c12. The van der Waals surface area contributed by atoms with Gasteiger partial charge in [-0.15, -0.1) is 0 Å². The third-order valence-corrected chi connectivity index (χ3v) is 6.07. The Bertz CT molecular complexity index is 1420. The summed E-state index contributed by atoms with van der Waals surface area (Å²) in [7, 11) is 0.0366. The Labute approximate surface area is 187 Å². The monoisotopic (exact) mass is 477 g/mol. The van der Waals surface area contributed by atoms with Gasteiger partial charge in [-0.3, -0.25) is 14.4 Å². The molecule has 0 saturated heterocycles. The van der Waals surface area contributed by atoms with Gasteiger partial charge in [0.15, 0.2) is 0 Å². The number of rotatable bonds is 6. The maximum Gasteiger partial charge on any atom is 0.303 e. The van der Waals surface area contributed by atoms with E-state index in [2.05, 4.69) is 15.6 Å². The second-order valence-electron chi connectivity index (χ2n) is 7.05. The average Bonchev–Trinajstić information content (AvgIpc) is 2.74. The number of pyridine rings is 1. The summed E-state index contributed by atoms with van der Waals surface area (Å²) in [6, 6.07) is 7.23. The van der Waals surface area contributed by atoms with Crippen LogP contribution in [0.1, 0.15) is 20.7 Å². The molecule has 0 saturated carbocycles. The number of amides is 2. The minimum atomic E-state index is -3.98. The summed E-state index contributed by atoms with van der Waals surface area (Å²) < 4.78 is 40.1. The molecule has 11 nitrogen and oxygen atoms in total. The van der Waals surface area contributed by atoms with Crippen LogP contribution in [0, 0.1) is 5.82 Å². The molecule has 0 aliphatic carbocycles. The smallest absolute Gasteiger partial charge is 0.303 e. The van der Waals surface area contributed by atoms with Crippen molar-refractivity contribution in [3.63, 3.8) is 0 Å². The molecule has 33 heavy (non-hydrogen) atoms. The summed E-state index contributed by atoms with van der Waals surface area (Å²) >= 11 is 0. The highest BCUT2D eigenvalue weighted by Gasteiger charge is 2.22. The minimum Gasteiger partial charge on any atom is -0.506 e. The molecule has 0 aliphatic heterocycles. The molecular formula is C20H20FN5O6S. The number of H-pyrrole nitrogens is 1. The Hall–Kier alpha value is -3.97. The lowest BCUT2D eigenvalue weighted by molar-refractivity contribution is 0.0978. The first-order valence-corrected chi connectivity index (χ1v) is 10.8. The van der Waals surface area contributed by atoms with Gasteiger partial charge in [0.2, 0.25) is 0 Å². The molecule has 0 radical (unpaired) electrons.